The number of para-hydroxylation sites is 1. The molecular formula is C24H19ClN2O3. The first-order chi connectivity index (χ1) is 14.6. The van der Waals surface area contributed by atoms with E-state index in [1.54, 1.807) is 49.6 Å². The van der Waals surface area contributed by atoms with Crippen molar-refractivity contribution in [2.45, 2.75) is 6.61 Å². The zero-order valence-electron chi connectivity index (χ0n) is 16.3. The van der Waals surface area contributed by atoms with E-state index in [1.165, 1.54) is 6.08 Å². The highest BCUT2D eigenvalue weighted by molar-refractivity contribution is 6.30. The Balaban J connectivity index is 1.76. The Morgan fingerprint density at radius 2 is 1.87 bits per heavy atom. The number of halogens is 1. The molecule has 0 aliphatic heterocycles. The van der Waals surface area contributed by atoms with Crippen LogP contribution in [0.25, 0.3) is 6.08 Å². The van der Waals surface area contributed by atoms with Crippen LogP contribution in [0, 0.1) is 11.3 Å². The third-order valence-corrected chi connectivity index (χ3v) is 4.45. The van der Waals surface area contributed by atoms with Gasteiger partial charge in [0.25, 0.3) is 5.91 Å². The fourth-order valence-corrected chi connectivity index (χ4v) is 2.91. The van der Waals surface area contributed by atoms with Gasteiger partial charge in [-0.2, -0.15) is 5.26 Å². The number of nitrogens with zero attached hydrogens (tertiary/aromatic N) is 1. The largest absolute Gasteiger partial charge is 0.497 e. The monoisotopic (exact) mass is 418 g/mol. The van der Waals surface area contributed by atoms with E-state index in [9.17, 15) is 10.1 Å². The Bertz CT molecular complexity index is 1100. The van der Waals surface area contributed by atoms with Crippen molar-refractivity contribution in [2.24, 2.45) is 0 Å². The molecule has 6 heteroatoms. The van der Waals surface area contributed by atoms with Gasteiger partial charge in [-0.1, -0.05) is 41.9 Å². The highest BCUT2D eigenvalue weighted by Crippen LogP contribution is 2.23. The third kappa shape index (κ3) is 5.63. The smallest absolute Gasteiger partial charge is 0.266 e. The molecule has 0 aromatic heterocycles. The summed E-state index contributed by atoms with van der Waals surface area (Å²) in [5.74, 6) is 0.726. The van der Waals surface area contributed by atoms with Gasteiger partial charge in [0.2, 0.25) is 0 Å². The molecule has 3 aromatic rings. The summed E-state index contributed by atoms with van der Waals surface area (Å²) in [6.45, 7) is 0.311. The summed E-state index contributed by atoms with van der Waals surface area (Å²) in [5, 5.41) is 12.8. The maximum absolute atomic E-state index is 12.5. The number of carbonyl (C=O) groups excluding carboxylic acids is 1. The second-order valence-corrected chi connectivity index (χ2v) is 6.75. The molecule has 1 amide bonds. The summed E-state index contributed by atoms with van der Waals surface area (Å²) in [7, 11) is 1.57. The maximum Gasteiger partial charge on any atom is 0.266 e. The number of nitrogens with one attached hydrogen (secondary N) is 1. The molecule has 0 heterocycles. The maximum atomic E-state index is 12.5. The molecule has 0 unspecified atom stereocenters. The average molecular weight is 419 g/mol. The summed E-state index contributed by atoms with van der Waals surface area (Å²) < 4.78 is 11.0. The van der Waals surface area contributed by atoms with Crippen LogP contribution in [-0.2, 0) is 11.4 Å². The van der Waals surface area contributed by atoms with Crippen molar-refractivity contribution >= 4 is 29.3 Å². The minimum Gasteiger partial charge on any atom is -0.497 e. The van der Waals surface area contributed by atoms with Gasteiger partial charge < -0.3 is 14.8 Å². The Morgan fingerprint density at radius 3 is 2.57 bits per heavy atom. The number of benzene rings is 3. The lowest BCUT2D eigenvalue weighted by Crippen LogP contribution is -2.13. The minimum atomic E-state index is -0.507. The summed E-state index contributed by atoms with van der Waals surface area (Å²) in [4.78, 5) is 12.5. The standard InChI is InChI=1S/C24H19ClN2O3/c1-29-22-11-9-21(10-12-22)27-24(28)19(15-26)14-18-6-2-3-8-23(18)30-16-17-5-4-7-20(25)13-17/h2-14H,16H2,1H3,(H,27,28)/b19-14+. The van der Waals surface area contributed by atoms with Crippen LogP contribution in [0.15, 0.2) is 78.4 Å². The van der Waals surface area contributed by atoms with E-state index < -0.39 is 5.91 Å². The van der Waals surface area contributed by atoms with Crippen molar-refractivity contribution in [2.75, 3.05) is 12.4 Å². The highest BCUT2D eigenvalue weighted by atomic mass is 35.5. The molecule has 0 aliphatic rings. The Morgan fingerprint density at radius 1 is 1.10 bits per heavy atom. The van der Waals surface area contributed by atoms with Crippen molar-refractivity contribution < 1.29 is 14.3 Å². The first-order valence-corrected chi connectivity index (χ1v) is 9.50. The second kappa shape index (κ2) is 10.1. The lowest BCUT2D eigenvalue weighted by molar-refractivity contribution is -0.112. The van der Waals surface area contributed by atoms with Crippen molar-refractivity contribution in [1.29, 1.82) is 5.26 Å². The fraction of sp³-hybridized carbons (Fsp3) is 0.0833. The van der Waals surface area contributed by atoms with Crippen LogP contribution in [0.2, 0.25) is 5.02 Å². The SMILES string of the molecule is COc1ccc(NC(=O)/C(C#N)=C/c2ccccc2OCc2cccc(Cl)c2)cc1. The van der Waals surface area contributed by atoms with Crippen LogP contribution in [0.5, 0.6) is 11.5 Å². The van der Waals surface area contributed by atoms with Crippen LogP contribution < -0.4 is 14.8 Å². The fourth-order valence-electron chi connectivity index (χ4n) is 2.70. The number of amides is 1. The number of ether oxygens (including phenoxy) is 2. The van der Waals surface area contributed by atoms with Gasteiger partial charge in [-0.3, -0.25) is 4.79 Å². The molecule has 3 rings (SSSR count). The molecule has 150 valence electrons. The van der Waals surface area contributed by atoms with Crippen molar-refractivity contribution in [3.05, 3.63) is 94.5 Å². The lowest BCUT2D eigenvalue weighted by atomic mass is 10.1. The van der Waals surface area contributed by atoms with E-state index >= 15 is 0 Å². The van der Waals surface area contributed by atoms with E-state index in [-0.39, 0.29) is 5.57 Å². The van der Waals surface area contributed by atoms with Crippen LogP contribution in [-0.4, -0.2) is 13.0 Å². The first-order valence-electron chi connectivity index (χ1n) is 9.12. The first kappa shape index (κ1) is 21.0. The summed E-state index contributed by atoms with van der Waals surface area (Å²) in [6.07, 6.45) is 1.51. The Hall–Kier alpha value is -3.75. The predicted octanol–water partition coefficient (Wildman–Crippen LogP) is 5.47. The number of hydrogen-bond donors (Lipinski definition) is 1. The lowest BCUT2D eigenvalue weighted by Gasteiger charge is -2.10. The quantitative estimate of drug-likeness (QED) is 0.407. The molecule has 0 aliphatic carbocycles. The molecule has 0 radical (unpaired) electrons. The van der Waals surface area contributed by atoms with Gasteiger partial charge in [-0.25, -0.2) is 0 Å². The Kier molecular flexibility index (Phi) is 7.09. The molecule has 0 saturated carbocycles. The van der Waals surface area contributed by atoms with Gasteiger partial charge in [-0.15, -0.1) is 0 Å². The van der Waals surface area contributed by atoms with Crippen LogP contribution >= 0.6 is 11.6 Å². The van der Waals surface area contributed by atoms with Crippen LogP contribution in [0.4, 0.5) is 5.69 Å². The summed E-state index contributed by atoms with van der Waals surface area (Å²) in [6, 6.07) is 23.4. The number of nitriles is 1. The molecule has 0 saturated heterocycles. The Labute approximate surface area is 180 Å². The van der Waals surface area contributed by atoms with Crippen molar-refractivity contribution in [3.63, 3.8) is 0 Å². The molecule has 30 heavy (non-hydrogen) atoms. The molecule has 0 fully saturated rings. The molecule has 1 N–H and O–H groups in total. The normalized spacial score (nSPS) is 10.8. The van der Waals surface area contributed by atoms with Crippen molar-refractivity contribution in [3.8, 4) is 17.6 Å². The minimum absolute atomic E-state index is 0.0374. The van der Waals surface area contributed by atoms with E-state index in [4.69, 9.17) is 21.1 Å². The molecule has 3 aromatic carbocycles. The summed E-state index contributed by atoms with van der Waals surface area (Å²) in [5.41, 5.74) is 2.07. The average Bonchev–Trinajstić information content (AvgIpc) is 2.77. The van der Waals surface area contributed by atoms with Crippen LogP contribution in [0.3, 0.4) is 0 Å². The van der Waals surface area contributed by atoms with Gasteiger partial charge in [0.1, 0.15) is 29.7 Å². The molecular weight excluding hydrogens is 400 g/mol. The molecule has 5 nitrogen and oxygen atoms in total. The number of anilines is 1. The van der Waals surface area contributed by atoms with E-state index in [2.05, 4.69) is 5.32 Å². The van der Waals surface area contributed by atoms with Gasteiger partial charge in [-0.05, 0) is 54.1 Å². The number of methoxy groups -OCH3 is 1. The van der Waals surface area contributed by atoms with Gasteiger partial charge >= 0.3 is 0 Å². The zero-order chi connectivity index (χ0) is 21.3. The topological polar surface area (TPSA) is 71.3 Å². The molecule has 0 bridgehead atoms. The zero-order valence-corrected chi connectivity index (χ0v) is 17.0. The van der Waals surface area contributed by atoms with Gasteiger partial charge in [0.05, 0.1) is 7.11 Å². The number of hydrogen-bond acceptors (Lipinski definition) is 4. The van der Waals surface area contributed by atoms with Gasteiger partial charge in [0, 0.05) is 16.3 Å². The van der Waals surface area contributed by atoms with E-state index in [0.717, 1.165) is 5.56 Å². The number of rotatable bonds is 7. The summed E-state index contributed by atoms with van der Waals surface area (Å²) >= 11 is 6.01. The van der Waals surface area contributed by atoms with E-state index in [1.807, 2.05) is 36.4 Å². The second-order valence-electron chi connectivity index (χ2n) is 6.31. The predicted molar refractivity (Wildman–Crippen MR) is 117 cm³/mol. The van der Waals surface area contributed by atoms with Gasteiger partial charge in [0.15, 0.2) is 0 Å². The molecule has 0 atom stereocenters. The van der Waals surface area contributed by atoms with Crippen LogP contribution in [0.1, 0.15) is 11.1 Å². The third-order valence-electron chi connectivity index (χ3n) is 4.22. The number of carbonyl (C=O) groups is 1. The van der Waals surface area contributed by atoms with E-state index in [0.29, 0.717) is 34.4 Å². The van der Waals surface area contributed by atoms with Crippen molar-refractivity contribution in [1.82, 2.24) is 0 Å². The highest BCUT2D eigenvalue weighted by Gasteiger charge is 2.11. The molecule has 0 spiro atoms.